The summed E-state index contributed by atoms with van der Waals surface area (Å²) in [4.78, 5) is 57.2. The third-order valence-corrected chi connectivity index (χ3v) is 9.30. The molecule has 8 heteroatoms. The van der Waals surface area contributed by atoms with E-state index in [4.69, 9.17) is 4.74 Å². The van der Waals surface area contributed by atoms with Crippen LogP contribution in [-0.2, 0) is 14.9 Å². The van der Waals surface area contributed by atoms with Crippen LogP contribution >= 0.6 is 11.3 Å². The van der Waals surface area contributed by atoms with Gasteiger partial charge in [-0.1, -0.05) is 39.8 Å². The van der Waals surface area contributed by atoms with E-state index < -0.39 is 5.97 Å². The van der Waals surface area contributed by atoms with Gasteiger partial charge >= 0.3 is 5.97 Å². The van der Waals surface area contributed by atoms with E-state index in [1.54, 1.807) is 29.2 Å². The standard InChI is InChI=1S/C30H38N2O5S/c1-18-11-13-20(14-12-18)26(33)32(23-17-24(30(3,4)5)38-25(23)29(36)37-6)19(2)15-16-31-27(34)21-9-7-8-10-22(21)28(31)35/h7-10,17-20H,11-16H2,1-6H3/t18?,19-,20?/m0/s1. The summed E-state index contributed by atoms with van der Waals surface area (Å²) >= 11 is 1.36. The van der Waals surface area contributed by atoms with Gasteiger partial charge in [-0.25, -0.2) is 4.79 Å². The molecule has 1 aromatic carbocycles. The molecule has 2 heterocycles. The first kappa shape index (κ1) is 28.0. The van der Waals surface area contributed by atoms with Crippen molar-refractivity contribution in [1.29, 1.82) is 0 Å². The lowest BCUT2D eigenvalue weighted by Gasteiger charge is -2.35. The third-order valence-electron chi connectivity index (χ3n) is 7.77. The molecule has 3 amide bonds. The molecule has 0 N–H and O–H groups in total. The number of thiophene rings is 1. The molecule has 2 aromatic rings. The number of benzene rings is 1. The second kappa shape index (κ2) is 11.0. The smallest absolute Gasteiger partial charge is 0.350 e. The fraction of sp³-hybridized carbons (Fsp3) is 0.533. The van der Waals surface area contributed by atoms with E-state index in [-0.39, 0.29) is 41.6 Å². The molecule has 1 atom stereocenters. The molecule has 1 aromatic heterocycles. The number of methoxy groups -OCH3 is 1. The molecule has 1 saturated carbocycles. The van der Waals surface area contributed by atoms with Crippen molar-refractivity contribution < 1.29 is 23.9 Å². The molecule has 7 nitrogen and oxygen atoms in total. The number of imide groups is 1. The van der Waals surface area contributed by atoms with Crippen molar-refractivity contribution in [3.63, 3.8) is 0 Å². The monoisotopic (exact) mass is 538 g/mol. The molecule has 1 fully saturated rings. The quantitative estimate of drug-likeness (QED) is 0.316. The second-order valence-corrected chi connectivity index (χ2v) is 12.7. The first-order valence-electron chi connectivity index (χ1n) is 13.4. The van der Waals surface area contributed by atoms with Crippen LogP contribution in [0.15, 0.2) is 30.3 Å². The molecule has 0 saturated heterocycles. The molecule has 1 aliphatic carbocycles. The molecule has 0 bridgehead atoms. The van der Waals surface area contributed by atoms with Gasteiger partial charge in [0, 0.05) is 23.4 Å². The highest BCUT2D eigenvalue weighted by Gasteiger charge is 2.38. The topological polar surface area (TPSA) is 84.0 Å². The van der Waals surface area contributed by atoms with Gasteiger partial charge in [0.05, 0.1) is 23.9 Å². The second-order valence-electron chi connectivity index (χ2n) is 11.7. The summed E-state index contributed by atoms with van der Waals surface area (Å²) in [6.07, 6.45) is 4.00. The first-order valence-corrected chi connectivity index (χ1v) is 14.3. The van der Waals surface area contributed by atoms with Crippen LogP contribution < -0.4 is 4.90 Å². The van der Waals surface area contributed by atoms with Crippen LogP contribution in [0.5, 0.6) is 0 Å². The number of hydrogen-bond donors (Lipinski definition) is 0. The van der Waals surface area contributed by atoms with E-state index >= 15 is 0 Å². The fourth-order valence-corrected chi connectivity index (χ4v) is 6.46. The maximum absolute atomic E-state index is 14.1. The average Bonchev–Trinajstić information content (AvgIpc) is 3.43. The van der Waals surface area contributed by atoms with Gasteiger partial charge in [0.2, 0.25) is 5.91 Å². The highest BCUT2D eigenvalue weighted by molar-refractivity contribution is 7.14. The SMILES string of the molecule is COC(=O)c1sc(C(C)(C)C)cc1N(C(=O)C1CCC(C)CC1)[C@@H](C)CCN1C(=O)c2ccccc2C1=O. The third kappa shape index (κ3) is 5.41. The summed E-state index contributed by atoms with van der Waals surface area (Å²) in [6.45, 7) is 10.5. The maximum Gasteiger partial charge on any atom is 0.350 e. The van der Waals surface area contributed by atoms with Crippen molar-refractivity contribution in [3.05, 3.63) is 51.2 Å². The van der Waals surface area contributed by atoms with E-state index in [0.29, 0.717) is 34.0 Å². The number of amides is 3. The minimum absolute atomic E-state index is 0.00447. The van der Waals surface area contributed by atoms with Crippen LogP contribution in [0.4, 0.5) is 5.69 Å². The summed E-state index contributed by atoms with van der Waals surface area (Å²) in [5.74, 6) is -0.622. The highest BCUT2D eigenvalue weighted by Crippen LogP contribution is 2.40. The van der Waals surface area contributed by atoms with Gasteiger partial charge in [-0.3, -0.25) is 19.3 Å². The van der Waals surface area contributed by atoms with Crippen LogP contribution in [0.2, 0.25) is 0 Å². The summed E-state index contributed by atoms with van der Waals surface area (Å²) in [7, 11) is 1.35. The van der Waals surface area contributed by atoms with Crippen molar-refractivity contribution in [2.45, 2.75) is 78.2 Å². The number of hydrogen-bond acceptors (Lipinski definition) is 6. The van der Waals surface area contributed by atoms with Crippen molar-refractivity contribution in [2.24, 2.45) is 11.8 Å². The van der Waals surface area contributed by atoms with Crippen LogP contribution in [0.1, 0.15) is 102 Å². The number of rotatable bonds is 7. The Morgan fingerprint density at radius 3 is 2.18 bits per heavy atom. The zero-order valence-electron chi connectivity index (χ0n) is 23.2. The zero-order chi connectivity index (χ0) is 27.8. The van der Waals surface area contributed by atoms with Gasteiger partial charge in [0.15, 0.2) is 0 Å². The summed E-state index contributed by atoms with van der Waals surface area (Å²) < 4.78 is 5.11. The zero-order valence-corrected chi connectivity index (χ0v) is 24.0. The van der Waals surface area contributed by atoms with Crippen LogP contribution in [0.3, 0.4) is 0 Å². The van der Waals surface area contributed by atoms with E-state index in [1.165, 1.54) is 23.3 Å². The van der Waals surface area contributed by atoms with Gasteiger partial charge in [-0.2, -0.15) is 0 Å². The predicted octanol–water partition coefficient (Wildman–Crippen LogP) is 6.07. The van der Waals surface area contributed by atoms with Gasteiger partial charge in [-0.15, -0.1) is 11.3 Å². The molecule has 4 rings (SSSR count). The van der Waals surface area contributed by atoms with Crippen LogP contribution in [0, 0.1) is 11.8 Å². The molecule has 1 aliphatic heterocycles. The van der Waals surface area contributed by atoms with Gasteiger partial charge in [0.25, 0.3) is 11.8 Å². The Morgan fingerprint density at radius 1 is 1.08 bits per heavy atom. The Kier molecular flexibility index (Phi) is 8.12. The Morgan fingerprint density at radius 2 is 1.66 bits per heavy atom. The highest BCUT2D eigenvalue weighted by atomic mass is 32.1. The number of ether oxygens (including phenoxy) is 1. The van der Waals surface area contributed by atoms with Crippen molar-refractivity contribution in [2.75, 3.05) is 18.6 Å². The summed E-state index contributed by atoms with van der Waals surface area (Å²) in [6, 6.07) is 8.43. The number of anilines is 1. The minimum atomic E-state index is -0.469. The lowest BCUT2D eigenvalue weighted by Crippen LogP contribution is -2.45. The molecule has 204 valence electrons. The largest absolute Gasteiger partial charge is 0.465 e. The Bertz CT molecular complexity index is 1200. The predicted molar refractivity (Wildman–Crippen MR) is 149 cm³/mol. The minimum Gasteiger partial charge on any atom is -0.465 e. The maximum atomic E-state index is 14.1. The lowest BCUT2D eigenvalue weighted by atomic mass is 9.82. The molecule has 0 radical (unpaired) electrons. The van der Waals surface area contributed by atoms with Gasteiger partial charge in [-0.05, 0) is 68.6 Å². The molecule has 2 aliphatic rings. The molecule has 0 spiro atoms. The van der Waals surface area contributed by atoms with Gasteiger partial charge < -0.3 is 9.64 Å². The number of fused-ring (bicyclic) bond motifs is 1. The normalized spacial score (nSPS) is 20.3. The van der Waals surface area contributed by atoms with Crippen LogP contribution in [0.25, 0.3) is 0 Å². The number of carbonyl (C=O) groups is 4. The molecule has 38 heavy (non-hydrogen) atoms. The number of nitrogens with zero attached hydrogens (tertiary/aromatic N) is 2. The number of esters is 1. The van der Waals surface area contributed by atoms with Gasteiger partial charge in [0.1, 0.15) is 4.88 Å². The van der Waals surface area contributed by atoms with E-state index in [9.17, 15) is 19.2 Å². The van der Waals surface area contributed by atoms with Crippen molar-refractivity contribution in [1.82, 2.24) is 4.90 Å². The van der Waals surface area contributed by atoms with E-state index in [2.05, 4.69) is 27.7 Å². The molecule has 0 unspecified atom stereocenters. The van der Waals surface area contributed by atoms with Crippen molar-refractivity contribution >= 4 is 40.7 Å². The van der Waals surface area contributed by atoms with Crippen molar-refractivity contribution in [3.8, 4) is 0 Å². The molecular weight excluding hydrogens is 500 g/mol. The van der Waals surface area contributed by atoms with E-state index in [1.807, 2.05) is 13.0 Å². The Labute approximate surface area is 229 Å². The lowest BCUT2D eigenvalue weighted by molar-refractivity contribution is -0.124. The average molecular weight is 539 g/mol. The number of carbonyl (C=O) groups excluding carboxylic acids is 4. The molecular formula is C30H38N2O5S. The summed E-state index contributed by atoms with van der Waals surface area (Å²) in [5, 5.41) is 0. The Balaban J connectivity index is 1.66. The fourth-order valence-electron chi connectivity index (χ4n) is 5.33. The first-order chi connectivity index (χ1) is 17.9. The van der Waals surface area contributed by atoms with E-state index in [0.717, 1.165) is 30.6 Å². The Hall–Kier alpha value is -3.00. The van der Waals surface area contributed by atoms with Crippen LogP contribution in [-0.4, -0.2) is 48.3 Å². The summed E-state index contributed by atoms with van der Waals surface area (Å²) in [5.41, 5.74) is 1.17.